The maximum Gasteiger partial charge on any atom is 0.241 e. The molecule has 5 heteroatoms. The molecule has 0 radical (unpaired) electrons. The van der Waals surface area contributed by atoms with E-state index in [4.69, 9.17) is 0 Å². The minimum absolute atomic E-state index is 0.00136. The van der Waals surface area contributed by atoms with Gasteiger partial charge in [0.2, 0.25) is 11.8 Å². The van der Waals surface area contributed by atoms with Crippen LogP contribution in [0.3, 0.4) is 0 Å². The van der Waals surface area contributed by atoms with Crippen molar-refractivity contribution < 1.29 is 9.59 Å². The van der Waals surface area contributed by atoms with E-state index >= 15 is 0 Å². The standard InChI is InChI=1S/C15H21N3O2/c1-10(2)14(19)17-11-5-7-12(8-6-11)18-15(20)13-4-3-9-16-13/h5-8,10,13,16H,3-4,9H2,1-2H3,(H,17,19)(H,18,20)/t13-/m0/s1. The molecular weight excluding hydrogens is 254 g/mol. The van der Waals surface area contributed by atoms with Crippen LogP contribution in [0, 0.1) is 5.92 Å². The molecule has 0 spiro atoms. The van der Waals surface area contributed by atoms with E-state index < -0.39 is 0 Å². The second-order valence-electron chi connectivity index (χ2n) is 5.36. The first-order valence-corrected chi connectivity index (χ1v) is 7.01. The van der Waals surface area contributed by atoms with E-state index in [1.807, 2.05) is 13.8 Å². The number of nitrogens with one attached hydrogen (secondary N) is 3. The van der Waals surface area contributed by atoms with Gasteiger partial charge in [0.25, 0.3) is 0 Å². The average molecular weight is 275 g/mol. The van der Waals surface area contributed by atoms with Gasteiger partial charge in [-0.1, -0.05) is 13.8 Å². The summed E-state index contributed by atoms with van der Waals surface area (Å²) < 4.78 is 0. The van der Waals surface area contributed by atoms with Gasteiger partial charge in [-0.05, 0) is 43.7 Å². The molecule has 20 heavy (non-hydrogen) atoms. The van der Waals surface area contributed by atoms with Crippen LogP contribution in [0.15, 0.2) is 24.3 Å². The predicted molar refractivity (Wildman–Crippen MR) is 79.6 cm³/mol. The van der Waals surface area contributed by atoms with Gasteiger partial charge in [0.05, 0.1) is 6.04 Å². The van der Waals surface area contributed by atoms with Crippen molar-refractivity contribution in [2.24, 2.45) is 5.92 Å². The molecule has 3 N–H and O–H groups in total. The van der Waals surface area contributed by atoms with Gasteiger partial charge in [-0.3, -0.25) is 9.59 Å². The number of amides is 2. The fraction of sp³-hybridized carbons (Fsp3) is 0.467. The fourth-order valence-electron chi connectivity index (χ4n) is 2.06. The number of hydrogen-bond acceptors (Lipinski definition) is 3. The van der Waals surface area contributed by atoms with Crippen molar-refractivity contribution in [3.05, 3.63) is 24.3 Å². The fourth-order valence-corrected chi connectivity index (χ4v) is 2.06. The molecule has 1 aromatic rings. The van der Waals surface area contributed by atoms with Crippen LogP contribution in [0.5, 0.6) is 0 Å². The third-order valence-electron chi connectivity index (χ3n) is 3.32. The lowest BCUT2D eigenvalue weighted by molar-refractivity contribution is -0.119. The van der Waals surface area contributed by atoms with E-state index in [1.165, 1.54) is 0 Å². The summed E-state index contributed by atoms with van der Waals surface area (Å²) >= 11 is 0. The van der Waals surface area contributed by atoms with Gasteiger partial charge in [-0.2, -0.15) is 0 Å². The zero-order chi connectivity index (χ0) is 14.5. The quantitative estimate of drug-likeness (QED) is 0.787. The molecule has 0 aromatic heterocycles. The summed E-state index contributed by atoms with van der Waals surface area (Å²) in [5.41, 5.74) is 1.48. The summed E-state index contributed by atoms with van der Waals surface area (Å²) in [6, 6.07) is 7.08. The zero-order valence-corrected chi connectivity index (χ0v) is 11.9. The highest BCUT2D eigenvalue weighted by atomic mass is 16.2. The van der Waals surface area contributed by atoms with Gasteiger partial charge in [0, 0.05) is 17.3 Å². The lowest BCUT2D eigenvalue weighted by atomic mass is 10.2. The Morgan fingerprint density at radius 3 is 2.25 bits per heavy atom. The Morgan fingerprint density at radius 1 is 1.15 bits per heavy atom. The molecule has 0 saturated carbocycles. The molecule has 2 rings (SSSR count). The van der Waals surface area contributed by atoms with Gasteiger partial charge >= 0.3 is 0 Å². The van der Waals surface area contributed by atoms with Gasteiger partial charge in [-0.25, -0.2) is 0 Å². The normalized spacial score (nSPS) is 18.1. The number of hydrogen-bond donors (Lipinski definition) is 3. The molecule has 0 bridgehead atoms. The van der Waals surface area contributed by atoms with Crippen molar-refractivity contribution >= 4 is 23.2 Å². The van der Waals surface area contributed by atoms with Gasteiger partial charge < -0.3 is 16.0 Å². The predicted octanol–water partition coefficient (Wildman–Crippen LogP) is 1.97. The number of carbonyl (C=O) groups excluding carboxylic acids is 2. The summed E-state index contributed by atoms with van der Waals surface area (Å²) in [5.74, 6) is -0.0683. The molecule has 1 aliphatic rings. The highest BCUT2D eigenvalue weighted by Crippen LogP contribution is 2.15. The first-order chi connectivity index (χ1) is 9.56. The van der Waals surface area contributed by atoms with E-state index in [-0.39, 0.29) is 23.8 Å². The van der Waals surface area contributed by atoms with Crippen LogP contribution in [-0.2, 0) is 9.59 Å². The van der Waals surface area contributed by atoms with E-state index in [0.717, 1.165) is 30.8 Å². The zero-order valence-electron chi connectivity index (χ0n) is 11.9. The number of anilines is 2. The number of carbonyl (C=O) groups is 2. The minimum atomic E-state index is -0.0877. The second-order valence-corrected chi connectivity index (χ2v) is 5.36. The Morgan fingerprint density at radius 2 is 1.75 bits per heavy atom. The lowest BCUT2D eigenvalue weighted by Crippen LogP contribution is -2.35. The van der Waals surface area contributed by atoms with Crippen LogP contribution in [0.1, 0.15) is 26.7 Å². The Hall–Kier alpha value is -1.88. The summed E-state index contributed by atoms with van der Waals surface area (Å²) in [4.78, 5) is 23.5. The maximum absolute atomic E-state index is 11.9. The summed E-state index contributed by atoms with van der Waals surface area (Å²) in [5, 5.41) is 8.84. The van der Waals surface area contributed by atoms with Crippen molar-refractivity contribution in [3.63, 3.8) is 0 Å². The van der Waals surface area contributed by atoms with Gasteiger partial charge in [0.15, 0.2) is 0 Å². The molecule has 1 saturated heterocycles. The Labute approximate surface area is 119 Å². The van der Waals surface area contributed by atoms with E-state index in [0.29, 0.717) is 0 Å². The highest BCUT2D eigenvalue weighted by molar-refractivity contribution is 5.96. The Kier molecular flexibility index (Phi) is 4.74. The molecule has 108 valence electrons. The summed E-state index contributed by atoms with van der Waals surface area (Å²) in [6.45, 7) is 4.59. The van der Waals surface area contributed by atoms with Crippen molar-refractivity contribution in [1.82, 2.24) is 5.32 Å². The third-order valence-corrected chi connectivity index (χ3v) is 3.32. The van der Waals surface area contributed by atoms with Gasteiger partial charge in [0.1, 0.15) is 0 Å². The number of benzene rings is 1. The first kappa shape index (κ1) is 14.5. The van der Waals surface area contributed by atoms with E-state index in [1.54, 1.807) is 24.3 Å². The SMILES string of the molecule is CC(C)C(=O)Nc1ccc(NC(=O)[C@@H]2CCCN2)cc1. The molecule has 1 fully saturated rings. The first-order valence-electron chi connectivity index (χ1n) is 7.01. The highest BCUT2D eigenvalue weighted by Gasteiger charge is 2.21. The van der Waals surface area contributed by atoms with Crippen LogP contribution < -0.4 is 16.0 Å². The van der Waals surface area contributed by atoms with Gasteiger partial charge in [-0.15, -0.1) is 0 Å². The molecule has 5 nitrogen and oxygen atoms in total. The molecule has 1 heterocycles. The van der Waals surface area contributed by atoms with Crippen LogP contribution in [0.25, 0.3) is 0 Å². The van der Waals surface area contributed by atoms with E-state index in [9.17, 15) is 9.59 Å². The smallest absolute Gasteiger partial charge is 0.241 e. The Balaban J connectivity index is 1.91. The second kappa shape index (κ2) is 6.52. The van der Waals surface area contributed by atoms with Crippen LogP contribution in [-0.4, -0.2) is 24.4 Å². The largest absolute Gasteiger partial charge is 0.326 e. The molecule has 1 aliphatic heterocycles. The van der Waals surface area contributed by atoms with Crippen molar-refractivity contribution in [3.8, 4) is 0 Å². The third kappa shape index (κ3) is 3.81. The number of rotatable bonds is 4. The monoisotopic (exact) mass is 275 g/mol. The van der Waals surface area contributed by atoms with Crippen LogP contribution in [0.4, 0.5) is 11.4 Å². The molecule has 0 aliphatic carbocycles. The minimum Gasteiger partial charge on any atom is -0.326 e. The average Bonchev–Trinajstić information content (AvgIpc) is 2.95. The van der Waals surface area contributed by atoms with Crippen molar-refractivity contribution in [1.29, 1.82) is 0 Å². The van der Waals surface area contributed by atoms with Crippen LogP contribution >= 0.6 is 0 Å². The molecule has 0 unspecified atom stereocenters. The van der Waals surface area contributed by atoms with Crippen molar-refractivity contribution in [2.45, 2.75) is 32.7 Å². The summed E-state index contributed by atoms with van der Waals surface area (Å²) in [6.07, 6.45) is 1.92. The maximum atomic E-state index is 11.9. The molecular formula is C15H21N3O2. The summed E-state index contributed by atoms with van der Waals surface area (Å²) in [7, 11) is 0. The molecule has 1 aromatic carbocycles. The molecule has 1 atom stereocenters. The topological polar surface area (TPSA) is 70.2 Å². The van der Waals surface area contributed by atoms with E-state index in [2.05, 4.69) is 16.0 Å². The van der Waals surface area contributed by atoms with Crippen molar-refractivity contribution in [2.75, 3.05) is 17.2 Å². The molecule has 2 amide bonds. The van der Waals surface area contributed by atoms with Crippen LogP contribution in [0.2, 0.25) is 0 Å². The lowest BCUT2D eigenvalue weighted by Gasteiger charge is -2.12. The Bertz CT molecular complexity index is 476.